The Hall–Kier alpha value is -1.56. The average molecular weight is 233 g/mol. The Morgan fingerprint density at radius 2 is 1.81 bits per heavy atom. The monoisotopic (exact) mass is 233 g/mol. The van der Waals surface area contributed by atoms with Crippen molar-refractivity contribution in [1.82, 2.24) is 0 Å². The Bertz CT molecular complexity index is 359. The molecular weight excluding hydrogens is 223 g/mol. The molecule has 1 aromatic carbocycles. The summed E-state index contributed by atoms with van der Waals surface area (Å²) in [7, 11) is 0. The molecule has 1 aromatic rings. The predicted octanol–water partition coefficient (Wildman–Crippen LogP) is 1.82. The molecule has 16 heavy (non-hydrogen) atoms. The van der Waals surface area contributed by atoms with Crippen LogP contribution in [-0.2, 0) is 10.9 Å². The Balaban J connectivity index is 2.75. The van der Waals surface area contributed by atoms with Crippen molar-refractivity contribution in [3.8, 4) is 0 Å². The van der Waals surface area contributed by atoms with Gasteiger partial charge in [-0.3, -0.25) is 0 Å². The summed E-state index contributed by atoms with van der Waals surface area (Å²) in [4.78, 5) is 11.2. The summed E-state index contributed by atoms with van der Waals surface area (Å²) < 4.78 is 41.2. The van der Waals surface area contributed by atoms with Gasteiger partial charge in [0.25, 0.3) is 0 Å². The predicted molar refractivity (Wildman–Crippen MR) is 50.8 cm³/mol. The normalized spacial score (nSPS) is 11.2. The highest BCUT2D eigenvalue weighted by molar-refractivity contribution is 5.89. The number of halogens is 3. The molecule has 0 spiro atoms. The SMILES string of the molecule is NCCOC(=O)c1ccc(C(F)(F)F)cc1. The van der Waals surface area contributed by atoms with Gasteiger partial charge >= 0.3 is 12.1 Å². The molecule has 0 amide bonds. The number of alkyl halides is 3. The highest BCUT2D eigenvalue weighted by Crippen LogP contribution is 2.29. The molecule has 0 bridgehead atoms. The lowest BCUT2D eigenvalue weighted by molar-refractivity contribution is -0.137. The number of carbonyl (C=O) groups is 1. The van der Waals surface area contributed by atoms with Gasteiger partial charge in [-0.25, -0.2) is 4.79 Å². The van der Waals surface area contributed by atoms with Crippen molar-refractivity contribution in [2.24, 2.45) is 5.73 Å². The lowest BCUT2D eigenvalue weighted by Crippen LogP contribution is -2.14. The molecule has 88 valence electrons. The van der Waals surface area contributed by atoms with Gasteiger partial charge < -0.3 is 10.5 Å². The number of carbonyl (C=O) groups excluding carboxylic acids is 1. The molecule has 0 radical (unpaired) electrons. The minimum Gasteiger partial charge on any atom is -0.461 e. The number of ether oxygens (including phenoxy) is 1. The molecule has 0 atom stereocenters. The quantitative estimate of drug-likeness (QED) is 0.810. The molecule has 0 aliphatic carbocycles. The van der Waals surface area contributed by atoms with Crippen molar-refractivity contribution in [1.29, 1.82) is 0 Å². The van der Waals surface area contributed by atoms with E-state index in [9.17, 15) is 18.0 Å². The van der Waals surface area contributed by atoms with Crippen LogP contribution < -0.4 is 5.73 Å². The van der Waals surface area contributed by atoms with Crippen LogP contribution in [0.4, 0.5) is 13.2 Å². The van der Waals surface area contributed by atoms with Crippen LogP contribution in [0.1, 0.15) is 15.9 Å². The highest BCUT2D eigenvalue weighted by atomic mass is 19.4. The standard InChI is InChI=1S/C10H10F3NO2/c11-10(12,13)8-3-1-7(2-4-8)9(15)16-6-5-14/h1-4H,5-6,14H2. The van der Waals surface area contributed by atoms with E-state index < -0.39 is 17.7 Å². The van der Waals surface area contributed by atoms with Crippen LogP contribution in [0, 0.1) is 0 Å². The lowest BCUT2D eigenvalue weighted by Gasteiger charge is -2.07. The van der Waals surface area contributed by atoms with E-state index in [2.05, 4.69) is 4.74 Å². The van der Waals surface area contributed by atoms with E-state index in [-0.39, 0.29) is 18.7 Å². The maximum Gasteiger partial charge on any atom is 0.416 e. The molecule has 2 N–H and O–H groups in total. The van der Waals surface area contributed by atoms with Gasteiger partial charge in [-0.1, -0.05) is 0 Å². The third-order valence-electron chi connectivity index (χ3n) is 1.80. The zero-order valence-electron chi connectivity index (χ0n) is 8.25. The van der Waals surface area contributed by atoms with E-state index in [1.807, 2.05) is 0 Å². The van der Waals surface area contributed by atoms with Crippen molar-refractivity contribution in [3.05, 3.63) is 35.4 Å². The van der Waals surface area contributed by atoms with Crippen LogP contribution in [0.5, 0.6) is 0 Å². The van der Waals surface area contributed by atoms with Gasteiger partial charge in [-0.15, -0.1) is 0 Å². The van der Waals surface area contributed by atoms with Crippen LogP contribution in [0.25, 0.3) is 0 Å². The fourth-order valence-electron chi connectivity index (χ4n) is 1.03. The number of rotatable bonds is 3. The first-order chi connectivity index (χ1) is 7.45. The zero-order chi connectivity index (χ0) is 12.2. The summed E-state index contributed by atoms with van der Waals surface area (Å²) >= 11 is 0. The number of hydrogen-bond acceptors (Lipinski definition) is 3. The van der Waals surface area contributed by atoms with Crippen LogP contribution >= 0.6 is 0 Å². The summed E-state index contributed by atoms with van der Waals surface area (Å²) in [5, 5.41) is 0. The maximum atomic E-state index is 12.2. The van der Waals surface area contributed by atoms with E-state index in [4.69, 9.17) is 5.73 Å². The fourth-order valence-corrected chi connectivity index (χ4v) is 1.03. The lowest BCUT2D eigenvalue weighted by atomic mass is 10.1. The van der Waals surface area contributed by atoms with Crippen molar-refractivity contribution >= 4 is 5.97 Å². The highest BCUT2D eigenvalue weighted by Gasteiger charge is 2.30. The number of hydrogen-bond donors (Lipinski definition) is 1. The van der Waals surface area contributed by atoms with Crippen molar-refractivity contribution in [2.75, 3.05) is 13.2 Å². The second-order valence-electron chi connectivity index (χ2n) is 3.00. The number of benzene rings is 1. The first-order valence-electron chi connectivity index (χ1n) is 4.49. The van der Waals surface area contributed by atoms with Gasteiger partial charge in [-0.2, -0.15) is 13.2 Å². The first kappa shape index (κ1) is 12.5. The summed E-state index contributed by atoms with van der Waals surface area (Å²) in [6.07, 6.45) is -4.40. The Kier molecular flexibility index (Phi) is 3.89. The fraction of sp³-hybridized carbons (Fsp3) is 0.300. The molecule has 1 rings (SSSR count). The van der Waals surface area contributed by atoms with Gasteiger partial charge in [0.1, 0.15) is 6.61 Å². The summed E-state index contributed by atoms with van der Waals surface area (Å²) in [6.45, 7) is 0.215. The first-order valence-corrected chi connectivity index (χ1v) is 4.49. The summed E-state index contributed by atoms with van der Waals surface area (Å²) in [5.74, 6) is -0.681. The Morgan fingerprint density at radius 3 is 2.25 bits per heavy atom. The molecule has 0 unspecified atom stereocenters. The number of esters is 1. The minimum absolute atomic E-state index is 0.0415. The largest absolute Gasteiger partial charge is 0.461 e. The van der Waals surface area contributed by atoms with Crippen LogP contribution in [0.15, 0.2) is 24.3 Å². The van der Waals surface area contributed by atoms with Crippen LogP contribution in [-0.4, -0.2) is 19.1 Å². The smallest absolute Gasteiger partial charge is 0.416 e. The van der Waals surface area contributed by atoms with Gasteiger partial charge in [0.2, 0.25) is 0 Å². The molecule has 0 saturated heterocycles. The van der Waals surface area contributed by atoms with Crippen LogP contribution in [0.2, 0.25) is 0 Å². The van der Waals surface area contributed by atoms with E-state index >= 15 is 0 Å². The zero-order valence-corrected chi connectivity index (χ0v) is 8.25. The van der Waals surface area contributed by atoms with Gasteiger partial charge in [-0.05, 0) is 24.3 Å². The summed E-state index contributed by atoms with van der Waals surface area (Å²) in [5.41, 5.74) is 4.38. The van der Waals surface area contributed by atoms with Gasteiger partial charge in [0, 0.05) is 6.54 Å². The molecule has 0 saturated carbocycles. The van der Waals surface area contributed by atoms with E-state index in [0.717, 1.165) is 24.3 Å². The molecule has 0 aliphatic heterocycles. The van der Waals surface area contributed by atoms with Crippen molar-refractivity contribution < 1.29 is 22.7 Å². The Labute approximate surface area is 90.0 Å². The third kappa shape index (κ3) is 3.23. The van der Waals surface area contributed by atoms with E-state index in [1.54, 1.807) is 0 Å². The van der Waals surface area contributed by atoms with Crippen molar-refractivity contribution in [3.63, 3.8) is 0 Å². The Morgan fingerprint density at radius 1 is 1.25 bits per heavy atom. The maximum absolute atomic E-state index is 12.2. The molecule has 0 aliphatic rings. The van der Waals surface area contributed by atoms with Gasteiger partial charge in [0.15, 0.2) is 0 Å². The van der Waals surface area contributed by atoms with E-state index in [1.165, 1.54) is 0 Å². The topological polar surface area (TPSA) is 52.3 Å². The minimum atomic E-state index is -4.40. The second-order valence-corrected chi connectivity index (χ2v) is 3.00. The second kappa shape index (κ2) is 4.98. The summed E-state index contributed by atoms with van der Waals surface area (Å²) in [6, 6.07) is 3.81. The van der Waals surface area contributed by atoms with Gasteiger partial charge in [0.05, 0.1) is 11.1 Å². The molecule has 0 fully saturated rings. The average Bonchev–Trinajstić information content (AvgIpc) is 2.25. The molecular formula is C10H10F3NO2. The third-order valence-corrected chi connectivity index (χ3v) is 1.80. The van der Waals surface area contributed by atoms with E-state index in [0.29, 0.717) is 0 Å². The molecule has 0 aromatic heterocycles. The molecule has 0 heterocycles. The number of nitrogens with two attached hydrogens (primary N) is 1. The molecule has 6 heteroatoms. The molecule has 3 nitrogen and oxygen atoms in total. The van der Waals surface area contributed by atoms with Crippen molar-refractivity contribution in [2.45, 2.75) is 6.18 Å². The van der Waals surface area contributed by atoms with Crippen LogP contribution in [0.3, 0.4) is 0 Å².